The van der Waals surface area contributed by atoms with Gasteiger partial charge in [0.2, 0.25) is 0 Å². The van der Waals surface area contributed by atoms with E-state index >= 15 is 0 Å². The standard InChI is InChI=1S/C51H35N3/c1-51(2)43-29-34(54-47-22-12-8-18-38(47)39-19-9-13-23-48(39)54)24-26-35(43)40-30-42-41-28-33(53-45-20-10-6-16-36(45)37-17-7-11-21-46(37)53)25-27-49(41)52(50(42)31-44(40)51)32-14-4-3-5-15-32/h3-31H,1-2H3. The molecular weight excluding hydrogens is 655 g/mol. The molecule has 0 atom stereocenters. The number of aromatic nitrogens is 3. The first-order chi connectivity index (χ1) is 26.6. The van der Waals surface area contributed by atoms with E-state index in [9.17, 15) is 0 Å². The van der Waals surface area contributed by atoms with Crippen LogP contribution in [0.25, 0.3) is 93.6 Å². The number of hydrogen-bond acceptors (Lipinski definition) is 0. The lowest BCUT2D eigenvalue weighted by Gasteiger charge is -2.23. The van der Waals surface area contributed by atoms with Crippen LogP contribution < -0.4 is 0 Å². The summed E-state index contributed by atoms with van der Waals surface area (Å²) in [5.74, 6) is 0. The molecule has 12 rings (SSSR count). The van der Waals surface area contributed by atoms with E-state index in [2.05, 4.69) is 203 Å². The quantitative estimate of drug-likeness (QED) is 0.175. The highest BCUT2D eigenvalue weighted by molar-refractivity contribution is 6.14. The van der Waals surface area contributed by atoms with Crippen LogP contribution in [-0.2, 0) is 5.41 Å². The predicted octanol–water partition coefficient (Wildman–Crippen LogP) is 13.3. The van der Waals surface area contributed by atoms with Gasteiger partial charge in [-0.05, 0) is 101 Å². The summed E-state index contributed by atoms with van der Waals surface area (Å²) in [4.78, 5) is 0. The molecule has 0 unspecified atom stereocenters. The molecule has 0 aliphatic heterocycles. The summed E-state index contributed by atoms with van der Waals surface area (Å²) in [7, 11) is 0. The van der Waals surface area contributed by atoms with Gasteiger partial charge in [-0.15, -0.1) is 0 Å². The molecule has 254 valence electrons. The number of rotatable bonds is 3. The Balaban J connectivity index is 1.12. The zero-order chi connectivity index (χ0) is 35.7. The van der Waals surface area contributed by atoms with Crippen LogP contribution in [0.5, 0.6) is 0 Å². The molecule has 8 aromatic carbocycles. The summed E-state index contributed by atoms with van der Waals surface area (Å²) < 4.78 is 7.33. The fourth-order valence-electron chi connectivity index (χ4n) is 9.76. The van der Waals surface area contributed by atoms with Crippen LogP contribution in [0.3, 0.4) is 0 Å². The van der Waals surface area contributed by atoms with Crippen LogP contribution in [-0.4, -0.2) is 13.7 Å². The van der Waals surface area contributed by atoms with Crippen molar-refractivity contribution in [1.82, 2.24) is 13.7 Å². The van der Waals surface area contributed by atoms with Crippen LogP contribution in [0.2, 0.25) is 0 Å². The summed E-state index contributed by atoms with van der Waals surface area (Å²) in [5.41, 5.74) is 16.1. The molecule has 11 aromatic rings. The van der Waals surface area contributed by atoms with Gasteiger partial charge in [-0.25, -0.2) is 0 Å². The maximum Gasteiger partial charge on any atom is 0.0544 e. The van der Waals surface area contributed by atoms with Crippen molar-refractivity contribution in [1.29, 1.82) is 0 Å². The monoisotopic (exact) mass is 689 g/mol. The summed E-state index contributed by atoms with van der Waals surface area (Å²) in [6.45, 7) is 4.80. The van der Waals surface area contributed by atoms with E-state index in [4.69, 9.17) is 0 Å². The van der Waals surface area contributed by atoms with Crippen LogP contribution in [0.4, 0.5) is 0 Å². The van der Waals surface area contributed by atoms with E-state index < -0.39 is 0 Å². The SMILES string of the molecule is CC1(C)c2cc(-n3c4ccccc4c4ccccc43)ccc2-c2cc3c4cc(-n5c6ccccc6c6ccccc65)ccc4n(-c4ccccc4)c3cc21. The lowest BCUT2D eigenvalue weighted by molar-refractivity contribution is 0.660. The highest BCUT2D eigenvalue weighted by Gasteiger charge is 2.37. The molecule has 0 fully saturated rings. The Hall–Kier alpha value is -6.84. The third-order valence-electron chi connectivity index (χ3n) is 12.2. The Morgan fingerprint density at radius 1 is 0.296 bits per heavy atom. The molecule has 0 spiro atoms. The van der Waals surface area contributed by atoms with E-state index in [0.29, 0.717) is 0 Å². The van der Waals surface area contributed by atoms with Gasteiger partial charge in [-0.2, -0.15) is 0 Å². The highest BCUT2D eigenvalue weighted by Crippen LogP contribution is 2.52. The van der Waals surface area contributed by atoms with Crippen molar-refractivity contribution in [2.75, 3.05) is 0 Å². The van der Waals surface area contributed by atoms with Gasteiger partial charge in [0.15, 0.2) is 0 Å². The fraction of sp³-hybridized carbons (Fsp3) is 0.0588. The Morgan fingerprint density at radius 2 is 0.722 bits per heavy atom. The van der Waals surface area contributed by atoms with Gasteiger partial charge < -0.3 is 13.7 Å². The summed E-state index contributed by atoms with van der Waals surface area (Å²) in [5, 5.41) is 7.64. The normalized spacial score (nSPS) is 13.5. The molecule has 0 radical (unpaired) electrons. The summed E-state index contributed by atoms with van der Waals surface area (Å²) in [6.07, 6.45) is 0. The molecular formula is C51H35N3. The van der Waals surface area contributed by atoms with Crippen LogP contribution >= 0.6 is 0 Å². The van der Waals surface area contributed by atoms with Crippen molar-refractivity contribution >= 4 is 65.4 Å². The molecule has 3 aromatic heterocycles. The number of para-hydroxylation sites is 5. The minimum atomic E-state index is -0.195. The van der Waals surface area contributed by atoms with Crippen molar-refractivity contribution in [3.8, 4) is 28.2 Å². The van der Waals surface area contributed by atoms with E-state index in [-0.39, 0.29) is 5.41 Å². The molecule has 3 heteroatoms. The molecule has 0 amide bonds. The Labute approximate surface area is 312 Å². The van der Waals surface area contributed by atoms with Gasteiger partial charge in [0.05, 0.1) is 33.1 Å². The Bertz CT molecular complexity index is 3240. The summed E-state index contributed by atoms with van der Waals surface area (Å²) in [6, 6.07) is 65.1. The fourth-order valence-corrected chi connectivity index (χ4v) is 9.76. The first kappa shape index (κ1) is 29.7. The van der Waals surface area contributed by atoms with Gasteiger partial charge in [-0.3, -0.25) is 0 Å². The lowest BCUT2D eigenvalue weighted by atomic mass is 9.82. The van der Waals surface area contributed by atoms with E-state index in [1.165, 1.54) is 105 Å². The van der Waals surface area contributed by atoms with Crippen LogP contribution in [0.1, 0.15) is 25.0 Å². The van der Waals surface area contributed by atoms with E-state index in [0.717, 1.165) is 0 Å². The topological polar surface area (TPSA) is 14.8 Å². The molecule has 0 N–H and O–H groups in total. The van der Waals surface area contributed by atoms with Gasteiger partial charge >= 0.3 is 0 Å². The average Bonchev–Trinajstić information content (AvgIpc) is 3.91. The second kappa shape index (κ2) is 10.6. The number of fused-ring (bicyclic) bond motifs is 12. The third kappa shape index (κ3) is 3.85. The van der Waals surface area contributed by atoms with Gasteiger partial charge in [-0.1, -0.05) is 111 Å². The van der Waals surface area contributed by atoms with Crippen LogP contribution in [0.15, 0.2) is 176 Å². The first-order valence-corrected chi connectivity index (χ1v) is 18.9. The predicted molar refractivity (Wildman–Crippen MR) is 227 cm³/mol. The van der Waals surface area contributed by atoms with Gasteiger partial charge in [0, 0.05) is 54.8 Å². The van der Waals surface area contributed by atoms with Crippen molar-refractivity contribution in [2.45, 2.75) is 19.3 Å². The van der Waals surface area contributed by atoms with Crippen molar-refractivity contribution in [3.63, 3.8) is 0 Å². The van der Waals surface area contributed by atoms with Crippen LogP contribution in [0, 0.1) is 0 Å². The second-order valence-electron chi connectivity index (χ2n) is 15.4. The van der Waals surface area contributed by atoms with Crippen molar-refractivity contribution in [2.24, 2.45) is 0 Å². The number of hydrogen-bond donors (Lipinski definition) is 0. The molecule has 0 bridgehead atoms. The third-order valence-corrected chi connectivity index (χ3v) is 12.2. The van der Waals surface area contributed by atoms with Crippen molar-refractivity contribution in [3.05, 3.63) is 187 Å². The molecule has 1 aliphatic rings. The van der Waals surface area contributed by atoms with Gasteiger partial charge in [0.1, 0.15) is 0 Å². The molecule has 0 saturated heterocycles. The lowest BCUT2D eigenvalue weighted by Crippen LogP contribution is -2.15. The first-order valence-electron chi connectivity index (χ1n) is 18.9. The maximum absolute atomic E-state index is 2.48. The zero-order valence-electron chi connectivity index (χ0n) is 30.1. The smallest absolute Gasteiger partial charge is 0.0544 e. The largest absolute Gasteiger partial charge is 0.309 e. The Kier molecular flexibility index (Phi) is 5.84. The molecule has 54 heavy (non-hydrogen) atoms. The molecule has 1 aliphatic carbocycles. The van der Waals surface area contributed by atoms with Crippen molar-refractivity contribution < 1.29 is 0 Å². The number of benzene rings is 8. The maximum atomic E-state index is 2.48. The molecule has 3 heterocycles. The highest BCUT2D eigenvalue weighted by atomic mass is 15.0. The average molecular weight is 690 g/mol. The molecule has 3 nitrogen and oxygen atoms in total. The van der Waals surface area contributed by atoms with Gasteiger partial charge in [0.25, 0.3) is 0 Å². The second-order valence-corrected chi connectivity index (χ2v) is 15.4. The zero-order valence-corrected chi connectivity index (χ0v) is 30.1. The minimum Gasteiger partial charge on any atom is -0.309 e. The van der Waals surface area contributed by atoms with E-state index in [1.807, 2.05) is 0 Å². The molecule has 0 saturated carbocycles. The number of nitrogens with zero attached hydrogens (tertiary/aromatic N) is 3. The Morgan fingerprint density at radius 3 is 1.30 bits per heavy atom. The minimum absolute atomic E-state index is 0.195. The van der Waals surface area contributed by atoms with E-state index in [1.54, 1.807) is 0 Å². The summed E-state index contributed by atoms with van der Waals surface area (Å²) >= 11 is 0.